The number of nitrogens with one attached hydrogen (secondary N) is 2. The van der Waals surface area contributed by atoms with Crippen LogP contribution in [-0.2, 0) is 16.0 Å². The van der Waals surface area contributed by atoms with Gasteiger partial charge in [0.05, 0.1) is 27.0 Å². The fourth-order valence-corrected chi connectivity index (χ4v) is 2.71. The molecule has 0 aliphatic carbocycles. The van der Waals surface area contributed by atoms with Crippen molar-refractivity contribution < 1.29 is 19.1 Å². The molecule has 7 nitrogen and oxygen atoms in total. The molecule has 0 aliphatic rings. The zero-order valence-corrected chi connectivity index (χ0v) is 17.2. The van der Waals surface area contributed by atoms with E-state index in [1.807, 2.05) is 24.3 Å². The number of ether oxygens (including phenoxy) is 2. The normalized spacial score (nSPS) is 10.6. The van der Waals surface area contributed by atoms with Crippen LogP contribution < -0.4 is 20.2 Å². The molecular formula is C21H24ClN3O4. The molecule has 2 N–H and O–H groups in total. The topological polar surface area (TPSA) is 89.0 Å². The summed E-state index contributed by atoms with van der Waals surface area (Å²) in [5, 5.41) is 6.97. The van der Waals surface area contributed by atoms with Crippen molar-refractivity contribution in [3.63, 3.8) is 0 Å². The molecule has 2 rings (SSSR count). The summed E-state index contributed by atoms with van der Waals surface area (Å²) in [6.07, 6.45) is 3.23. The Hall–Kier alpha value is -3.06. The maximum atomic E-state index is 11.9. The van der Waals surface area contributed by atoms with Gasteiger partial charge < -0.3 is 14.8 Å². The zero-order chi connectivity index (χ0) is 21.1. The van der Waals surface area contributed by atoms with E-state index in [1.165, 1.54) is 13.3 Å². The van der Waals surface area contributed by atoms with Crippen molar-refractivity contribution in [2.45, 2.75) is 19.3 Å². The maximum Gasteiger partial charge on any atom is 0.259 e. The largest absolute Gasteiger partial charge is 0.497 e. The lowest BCUT2D eigenvalue weighted by Crippen LogP contribution is -2.34. The van der Waals surface area contributed by atoms with E-state index in [1.54, 1.807) is 25.3 Å². The Balaban J connectivity index is 1.67. The highest BCUT2D eigenvalue weighted by Crippen LogP contribution is 2.20. The lowest BCUT2D eigenvalue weighted by molar-refractivity contribution is -0.126. The van der Waals surface area contributed by atoms with Gasteiger partial charge in [-0.3, -0.25) is 9.59 Å². The van der Waals surface area contributed by atoms with Gasteiger partial charge in [-0.05, 0) is 48.7 Å². The first-order chi connectivity index (χ1) is 14.0. The lowest BCUT2D eigenvalue weighted by atomic mass is 10.1. The lowest BCUT2D eigenvalue weighted by Gasteiger charge is -2.06. The second kappa shape index (κ2) is 11.7. The zero-order valence-electron chi connectivity index (χ0n) is 16.4. The van der Waals surface area contributed by atoms with Crippen LogP contribution in [0, 0.1) is 0 Å². The molecule has 8 heteroatoms. The van der Waals surface area contributed by atoms with Crippen LogP contribution in [0.5, 0.6) is 11.5 Å². The number of hydrogen-bond acceptors (Lipinski definition) is 5. The van der Waals surface area contributed by atoms with Crippen LogP contribution in [0.2, 0.25) is 5.02 Å². The maximum absolute atomic E-state index is 11.9. The summed E-state index contributed by atoms with van der Waals surface area (Å²) < 4.78 is 10.3. The summed E-state index contributed by atoms with van der Waals surface area (Å²) in [4.78, 5) is 23.7. The molecule has 0 aromatic heterocycles. The molecule has 0 bridgehead atoms. The van der Waals surface area contributed by atoms with E-state index in [4.69, 9.17) is 21.1 Å². The number of nitrogens with zero attached hydrogens (tertiary/aromatic N) is 1. The summed E-state index contributed by atoms with van der Waals surface area (Å²) in [7, 11) is 3.15. The molecule has 2 amide bonds. The van der Waals surface area contributed by atoms with Gasteiger partial charge in [0.2, 0.25) is 5.91 Å². The van der Waals surface area contributed by atoms with Crippen LogP contribution in [0.15, 0.2) is 47.6 Å². The van der Waals surface area contributed by atoms with Gasteiger partial charge >= 0.3 is 0 Å². The van der Waals surface area contributed by atoms with Crippen LogP contribution in [-0.4, -0.2) is 38.8 Å². The average Bonchev–Trinajstić information content (AvgIpc) is 2.73. The number of benzene rings is 2. The van der Waals surface area contributed by atoms with Gasteiger partial charge in [-0.25, -0.2) is 5.43 Å². The van der Waals surface area contributed by atoms with Gasteiger partial charge in [0, 0.05) is 17.0 Å². The highest BCUT2D eigenvalue weighted by molar-refractivity contribution is 6.30. The summed E-state index contributed by atoms with van der Waals surface area (Å²) in [6, 6.07) is 12.8. The molecule has 0 atom stereocenters. The first-order valence-electron chi connectivity index (χ1n) is 9.07. The van der Waals surface area contributed by atoms with Crippen molar-refractivity contribution in [2.75, 3.05) is 20.8 Å². The minimum atomic E-state index is -0.425. The Kier molecular flexibility index (Phi) is 8.98. The Morgan fingerprint density at radius 3 is 2.52 bits per heavy atom. The Labute approximate surface area is 175 Å². The highest BCUT2D eigenvalue weighted by Gasteiger charge is 2.06. The number of amides is 2. The van der Waals surface area contributed by atoms with Gasteiger partial charge in [-0.15, -0.1) is 0 Å². The van der Waals surface area contributed by atoms with Crippen LogP contribution >= 0.6 is 11.6 Å². The molecule has 29 heavy (non-hydrogen) atoms. The molecule has 0 saturated carbocycles. The van der Waals surface area contributed by atoms with E-state index in [-0.39, 0.29) is 12.5 Å². The number of carbonyl (C=O) groups excluding carboxylic acids is 2. The van der Waals surface area contributed by atoms with Gasteiger partial charge in [0.25, 0.3) is 5.91 Å². The molecule has 0 saturated heterocycles. The molecule has 2 aromatic rings. The Bertz CT molecular complexity index is 854. The minimum absolute atomic E-state index is 0.147. The first-order valence-corrected chi connectivity index (χ1v) is 9.44. The molecule has 154 valence electrons. The molecule has 0 fully saturated rings. The molecule has 0 spiro atoms. The number of aryl methyl sites for hydroxylation is 1. The summed E-state index contributed by atoms with van der Waals surface area (Å²) in [6.45, 7) is -0.147. The molecule has 0 heterocycles. The fraction of sp³-hybridized carbons (Fsp3) is 0.286. The molecule has 0 aliphatic heterocycles. The third-order valence-corrected chi connectivity index (χ3v) is 4.29. The number of hydrazone groups is 1. The van der Waals surface area contributed by atoms with Gasteiger partial charge in [-0.1, -0.05) is 23.7 Å². The minimum Gasteiger partial charge on any atom is -0.497 e. The number of carbonyl (C=O) groups is 2. The van der Waals surface area contributed by atoms with Crippen LogP contribution in [0.4, 0.5) is 0 Å². The number of rotatable bonds is 10. The predicted octanol–water partition coefficient (Wildman–Crippen LogP) is 2.95. The van der Waals surface area contributed by atoms with E-state index >= 15 is 0 Å². The highest BCUT2D eigenvalue weighted by atomic mass is 35.5. The van der Waals surface area contributed by atoms with E-state index in [0.29, 0.717) is 29.2 Å². The summed E-state index contributed by atoms with van der Waals surface area (Å²) in [5.41, 5.74) is 4.11. The first kappa shape index (κ1) is 22.2. The fourth-order valence-electron chi connectivity index (χ4n) is 2.53. The van der Waals surface area contributed by atoms with E-state index in [9.17, 15) is 9.59 Å². The Morgan fingerprint density at radius 2 is 1.83 bits per heavy atom. The van der Waals surface area contributed by atoms with Gasteiger partial charge in [-0.2, -0.15) is 5.10 Å². The summed E-state index contributed by atoms with van der Waals surface area (Å²) >= 11 is 5.94. The van der Waals surface area contributed by atoms with Crippen molar-refractivity contribution in [1.29, 1.82) is 0 Å². The monoisotopic (exact) mass is 417 g/mol. The predicted molar refractivity (Wildman–Crippen MR) is 113 cm³/mol. The van der Waals surface area contributed by atoms with Crippen LogP contribution in [0.3, 0.4) is 0 Å². The average molecular weight is 418 g/mol. The van der Waals surface area contributed by atoms with Gasteiger partial charge in [0.15, 0.2) is 0 Å². The van der Waals surface area contributed by atoms with Gasteiger partial charge in [0.1, 0.15) is 11.5 Å². The van der Waals surface area contributed by atoms with Crippen molar-refractivity contribution in [3.8, 4) is 11.5 Å². The molecular weight excluding hydrogens is 394 g/mol. The smallest absolute Gasteiger partial charge is 0.259 e. The SMILES string of the molecule is COc1ccc(CCCC(=O)NCC(=O)N/N=C/c2cc(Cl)ccc2OC)cc1. The van der Waals surface area contributed by atoms with E-state index in [2.05, 4.69) is 15.8 Å². The molecule has 0 unspecified atom stereocenters. The molecule has 0 radical (unpaired) electrons. The number of hydrogen-bond donors (Lipinski definition) is 2. The van der Waals surface area contributed by atoms with Crippen molar-refractivity contribution in [2.24, 2.45) is 5.10 Å². The molecule has 2 aromatic carbocycles. The van der Waals surface area contributed by atoms with Crippen molar-refractivity contribution in [3.05, 3.63) is 58.6 Å². The van der Waals surface area contributed by atoms with Crippen LogP contribution in [0.1, 0.15) is 24.0 Å². The standard InChI is InChI=1S/C21H24ClN3O4/c1-28-18-9-6-15(7-10-18)4-3-5-20(26)23-14-21(27)25-24-13-16-12-17(22)8-11-19(16)29-2/h6-13H,3-5,14H2,1-2H3,(H,23,26)(H,25,27)/b24-13+. The Morgan fingerprint density at radius 1 is 1.07 bits per heavy atom. The second-order valence-electron chi connectivity index (χ2n) is 6.16. The number of methoxy groups -OCH3 is 2. The van der Waals surface area contributed by atoms with E-state index in [0.717, 1.165) is 17.7 Å². The summed E-state index contributed by atoms with van der Waals surface area (Å²) in [5.74, 6) is 0.770. The third-order valence-electron chi connectivity index (χ3n) is 4.06. The van der Waals surface area contributed by atoms with Crippen molar-refractivity contribution >= 4 is 29.6 Å². The second-order valence-corrected chi connectivity index (χ2v) is 6.59. The number of halogens is 1. The van der Waals surface area contributed by atoms with Crippen LogP contribution in [0.25, 0.3) is 0 Å². The van der Waals surface area contributed by atoms with Crippen molar-refractivity contribution in [1.82, 2.24) is 10.7 Å². The quantitative estimate of drug-likeness (QED) is 0.459. The third kappa shape index (κ3) is 7.83. The van der Waals surface area contributed by atoms with E-state index < -0.39 is 5.91 Å².